The lowest BCUT2D eigenvalue weighted by Gasteiger charge is -2.36. The number of hydrogen-bond donors (Lipinski definition) is 1. The van der Waals surface area contributed by atoms with Crippen LogP contribution in [0.4, 0.5) is 0 Å². The normalized spacial score (nSPS) is 17.5. The minimum atomic E-state index is -3.32. The van der Waals surface area contributed by atoms with E-state index in [1.54, 1.807) is 17.0 Å². The van der Waals surface area contributed by atoms with E-state index in [0.717, 1.165) is 36.6 Å². The van der Waals surface area contributed by atoms with Crippen molar-refractivity contribution in [1.82, 2.24) is 14.2 Å². The molecule has 1 saturated heterocycles. The number of piperidine rings is 1. The van der Waals surface area contributed by atoms with Gasteiger partial charge in [-0.1, -0.05) is 24.3 Å². The Kier molecular flexibility index (Phi) is 5.62. The quantitative estimate of drug-likeness (QED) is 0.632. The number of likely N-dealkylation sites (tertiary alicyclic amines) is 1. The van der Waals surface area contributed by atoms with Crippen LogP contribution in [0.3, 0.4) is 0 Å². The third-order valence-corrected chi connectivity index (χ3v) is 6.39. The zero-order chi connectivity index (χ0) is 21.3. The number of carbonyl (C=O) groups excluding carboxylic acids is 1. The molecule has 1 N–H and O–H groups in total. The van der Waals surface area contributed by atoms with Crippen LogP contribution in [0.15, 0.2) is 53.3 Å². The summed E-state index contributed by atoms with van der Waals surface area (Å²) < 4.78 is 27.5. The zero-order valence-electron chi connectivity index (χ0n) is 16.9. The Morgan fingerprint density at radius 2 is 1.63 bits per heavy atom. The molecule has 0 spiro atoms. The number of nitrogens with one attached hydrogen (secondary N) is 1. The molecule has 4 rings (SSSR count). The highest BCUT2D eigenvalue weighted by molar-refractivity contribution is 7.88. The molecule has 0 aliphatic carbocycles. The number of nitrogens with zero attached hydrogens (tertiary/aromatic N) is 2. The molecule has 8 heteroatoms. The highest BCUT2D eigenvalue weighted by Gasteiger charge is 2.28. The molecule has 0 radical (unpaired) electrons. The van der Waals surface area contributed by atoms with Crippen LogP contribution in [0, 0.1) is 0 Å². The zero-order valence-corrected chi connectivity index (χ0v) is 17.7. The van der Waals surface area contributed by atoms with Crippen molar-refractivity contribution in [2.45, 2.75) is 31.8 Å². The molecule has 1 fully saturated rings. The molecule has 0 saturated carbocycles. The lowest BCUT2D eigenvalue weighted by molar-refractivity contribution is -0.135. The van der Waals surface area contributed by atoms with Gasteiger partial charge in [-0.05, 0) is 43.5 Å². The molecule has 1 amide bonds. The number of hydrogen-bond acceptors (Lipinski definition) is 4. The summed E-state index contributed by atoms with van der Waals surface area (Å²) in [6, 6.07) is 14.5. The third-order valence-electron chi connectivity index (χ3n) is 5.70. The van der Waals surface area contributed by atoms with Crippen LogP contribution in [0.2, 0.25) is 0 Å². The summed E-state index contributed by atoms with van der Waals surface area (Å²) in [4.78, 5) is 28.0. The van der Waals surface area contributed by atoms with E-state index in [1.165, 1.54) is 0 Å². The van der Waals surface area contributed by atoms with Crippen LogP contribution in [0.1, 0.15) is 19.3 Å². The molecular weight excluding hydrogens is 402 g/mol. The average Bonchev–Trinajstić information content (AvgIpc) is 2.75. The van der Waals surface area contributed by atoms with Crippen molar-refractivity contribution in [1.29, 1.82) is 0 Å². The Balaban J connectivity index is 1.71. The van der Waals surface area contributed by atoms with Gasteiger partial charge in [0, 0.05) is 29.9 Å². The number of benzene rings is 2. The van der Waals surface area contributed by atoms with Gasteiger partial charge in [0.2, 0.25) is 15.9 Å². The first-order chi connectivity index (χ1) is 14.3. The van der Waals surface area contributed by atoms with Crippen molar-refractivity contribution < 1.29 is 13.2 Å². The summed E-state index contributed by atoms with van der Waals surface area (Å²) in [5, 5.41) is 1.16. The van der Waals surface area contributed by atoms with Crippen molar-refractivity contribution >= 4 is 37.7 Å². The smallest absolute Gasteiger partial charge is 0.242 e. The van der Waals surface area contributed by atoms with Gasteiger partial charge in [0.1, 0.15) is 6.54 Å². The predicted octanol–water partition coefficient (Wildman–Crippen LogP) is 2.08. The van der Waals surface area contributed by atoms with E-state index in [1.807, 2.05) is 41.0 Å². The minimum Gasteiger partial charge on any atom is -0.337 e. The van der Waals surface area contributed by atoms with Gasteiger partial charge in [0.05, 0.1) is 17.3 Å². The summed E-state index contributed by atoms with van der Waals surface area (Å²) in [5.74, 6) is -0.0750. The van der Waals surface area contributed by atoms with Crippen LogP contribution in [-0.4, -0.2) is 49.2 Å². The topological polar surface area (TPSA) is 88.5 Å². The van der Waals surface area contributed by atoms with Crippen LogP contribution in [0.25, 0.3) is 21.8 Å². The first-order valence-corrected chi connectivity index (χ1v) is 12.0. The fourth-order valence-corrected chi connectivity index (χ4v) is 4.76. The van der Waals surface area contributed by atoms with Crippen molar-refractivity contribution in [3.8, 4) is 0 Å². The Bertz CT molecular complexity index is 1210. The molecular formula is C22H25N3O4S. The van der Waals surface area contributed by atoms with E-state index in [9.17, 15) is 18.0 Å². The van der Waals surface area contributed by atoms with Crippen LogP contribution in [-0.2, 0) is 21.4 Å². The van der Waals surface area contributed by atoms with Gasteiger partial charge < -0.3 is 9.47 Å². The van der Waals surface area contributed by atoms with Crippen molar-refractivity contribution in [2.75, 3.05) is 19.3 Å². The van der Waals surface area contributed by atoms with Crippen LogP contribution >= 0.6 is 0 Å². The standard InChI is InChI=1S/C22H25N3O4S/c1-30(28,29)23-14-16-8-6-7-13-24(16)21(26)15-25-19-11-4-2-9-17(19)22(27)18-10-3-5-12-20(18)25/h2-5,9-12,16,23H,6-8,13-15H2,1H3. The molecule has 1 atom stereocenters. The molecule has 2 heterocycles. The number of sulfonamides is 1. The molecule has 30 heavy (non-hydrogen) atoms. The Hall–Kier alpha value is -2.71. The summed E-state index contributed by atoms with van der Waals surface area (Å²) in [6.45, 7) is 0.915. The fourth-order valence-electron chi connectivity index (χ4n) is 4.26. The molecule has 3 aromatic rings. The van der Waals surface area contributed by atoms with Gasteiger partial charge in [0.15, 0.2) is 5.43 Å². The molecule has 2 aromatic carbocycles. The second-order valence-electron chi connectivity index (χ2n) is 7.81. The fraction of sp³-hybridized carbons (Fsp3) is 0.364. The number of pyridine rings is 1. The number of amides is 1. The summed E-state index contributed by atoms with van der Waals surface area (Å²) in [5.41, 5.74) is 1.40. The van der Waals surface area contributed by atoms with Gasteiger partial charge in [-0.25, -0.2) is 13.1 Å². The predicted molar refractivity (Wildman–Crippen MR) is 118 cm³/mol. The van der Waals surface area contributed by atoms with Gasteiger partial charge >= 0.3 is 0 Å². The molecule has 158 valence electrons. The van der Waals surface area contributed by atoms with Crippen molar-refractivity contribution in [3.63, 3.8) is 0 Å². The van der Waals surface area contributed by atoms with E-state index < -0.39 is 10.0 Å². The lowest BCUT2D eigenvalue weighted by atomic mass is 10.0. The summed E-state index contributed by atoms with van der Waals surface area (Å²) >= 11 is 0. The van der Waals surface area contributed by atoms with E-state index in [0.29, 0.717) is 17.3 Å². The van der Waals surface area contributed by atoms with Crippen molar-refractivity contribution in [3.05, 3.63) is 58.8 Å². The molecule has 1 unspecified atom stereocenters. The maximum Gasteiger partial charge on any atom is 0.242 e. The molecule has 7 nitrogen and oxygen atoms in total. The second kappa shape index (κ2) is 8.20. The SMILES string of the molecule is CS(=O)(=O)NCC1CCCCN1C(=O)Cn1c2ccccc2c(=O)c2ccccc21. The summed E-state index contributed by atoms with van der Waals surface area (Å²) in [6.07, 6.45) is 3.75. The molecule has 0 bridgehead atoms. The van der Waals surface area contributed by atoms with Crippen LogP contribution in [0.5, 0.6) is 0 Å². The second-order valence-corrected chi connectivity index (χ2v) is 9.64. The van der Waals surface area contributed by atoms with Gasteiger partial charge in [-0.2, -0.15) is 0 Å². The third kappa shape index (κ3) is 4.11. The van der Waals surface area contributed by atoms with Crippen LogP contribution < -0.4 is 10.2 Å². The highest BCUT2D eigenvalue weighted by Crippen LogP contribution is 2.22. The molecule has 1 aliphatic rings. The first kappa shape index (κ1) is 20.6. The van der Waals surface area contributed by atoms with Crippen molar-refractivity contribution in [2.24, 2.45) is 0 Å². The van der Waals surface area contributed by atoms with Gasteiger partial charge in [-0.3, -0.25) is 9.59 Å². The van der Waals surface area contributed by atoms with E-state index in [-0.39, 0.29) is 30.5 Å². The summed E-state index contributed by atoms with van der Waals surface area (Å²) in [7, 11) is -3.32. The Morgan fingerprint density at radius 3 is 2.23 bits per heavy atom. The van der Waals surface area contributed by atoms with Gasteiger partial charge in [-0.15, -0.1) is 0 Å². The molecule has 1 aromatic heterocycles. The number of aromatic nitrogens is 1. The monoisotopic (exact) mass is 427 g/mol. The maximum atomic E-state index is 13.3. The van der Waals surface area contributed by atoms with E-state index >= 15 is 0 Å². The minimum absolute atomic E-state index is 0.0434. The van der Waals surface area contributed by atoms with E-state index in [2.05, 4.69) is 4.72 Å². The maximum absolute atomic E-state index is 13.3. The Morgan fingerprint density at radius 1 is 1.03 bits per heavy atom. The Labute approximate surface area is 175 Å². The largest absolute Gasteiger partial charge is 0.337 e. The lowest BCUT2D eigenvalue weighted by Crippen LogP contribution is -2.50. The number of carbonyl (C=O) groups is 1. The van der Waals surface area contributed by atoms with E-state index in [4.69, 9.17) is 0 Å². The number of fused-ring (bicyclic) bond motifs is 2. The first-order valence-electron chi connectivity index (χ1n) is 10.1. The number of rotatable bonds is 5. The average molecular weight is 428 g/mol. The van der Waals surface area contributed by atoms with Gasteiger partial charge in [0.25, 0.3) is 0 Å². The highest BCUT2D eigenvalue weighted by atomic mass is 32.2. The molecule has 1 aliphatic heterocycles. The number of para-hydroxylation sites is 2.